The summed E-state index contributed by atoms with van der Waals surface area (Å²) in [7, 11) is -3.79. The van der Waals surface area contributed by atoms with E-state index in [0.29, 0.717) is 23.1 Å². The number of hydrogen-bond donors (Lipinski definition) is 1. The van der Waals surface area contributed by atoms with Crippen molar-refractivity contribution in [1.29, 1.82) is 0 Å². The molecule has 1 aliphatic carbocycles. The van der Waals surface area contributed by atoms with Crippen LogP contribution < -0.4 is 10.5 Å². The van der Waals surface area contributed by atoms with Gasteiger partial charge in [-0.2, -0.15) is 4.98 Å². The van der Waals surface area contributed by atoms with Crippen LogP contribution >= 0.6 is 0 Å². The first kappa shape index (κ1) is 20.7. The predicted octanol–water partition coefficient (Wildman–Crippen LogP) is 3.08. The van der Waals surface area contributed by atoms with Gasteiger partial charge in [0.1, 0.15) is 0 Å². The van der Waals surface area contributed by atoms with Crippen LogP contribution in [0.4, 0.5) is 0 Å². The summed E-state index contributed by atoms with van der Waals surface area (Å²) in [5.74, 6) is 0.667. The van der Waals surface area contributed by atoms with Crippen LogP contribution in [0, 0.1) is 6.92 Å². The SMILES string of the molecule is Cc1ccccc1CNS(=O)(=O)c1ccc2c(c1)oc(=O)n2Cc1noc(C2CCC2)n1. The van der Waals surface area contributed by atoms with Crippen molar-refractivity contribution in [2.75, 3.05) is 0 Å². The lowest BCUT2D eigenvalue weighted by Gasteiger charge is -2.20. The Bertz CT molecular complexity index is 1450. The maximum Gasteiger partial charge on any atom is 0.420 e. The number of aromatic nitrogens is 3. The minimum Gasteiger partial charge on any atom is -0.408 e. The van der Waals surface area contributed by atoms with E-state index in [2.05, 4.69) is 14.9 Å². The summed E-state index contributed by atoms with van der Waals surface area (Å²) in [6, 6.07) is 11.9. The summed E-state index contributed by atoms with van der Waals surface area (Å²) < 4.78 is 40.1. The highest BCUT2D eigenvalue weighted by molar-refractivity contribution is 7.89. The van der Waals surface area contributed by atoms with Crippen molar-refractivity contribution >= 4 is 21.1 Å². The van der Waals surface area contributed by atoms with E-state index in [-0.39, 0.29) is 23.6 Å². The maximum atomic E-state index is 12.8. The molecule has 0 aliphatic heterocycles. The predicted molar refractivity (Wildman–Crippen MR) is 116 cm³/mol. The van der Waals surface area contributed by atoms with Gasteiger partial charge in [-0.1, -0.05) is 35.8 Å². The lowest BCUT2D eigenvalue weighted by molar-refractivity contribution is 0.291. The molecule has 0 spiro atoms. The number of nitrogens with one attached hydrogen (secondary N) is 1. The summed E-state index contributed by atoms with van der Waals surface area (Å²) in [5.41, 5.74) is 2.52. The largest absolute Gasteiger partial charge is 0.420 e. The molecular formula is C22H22N4O5S. The molecule has 0 atom stereocenters. The van der Waals surface area contributed by atoms with E-state index < -0.39 is 15.8 Å². The molecular weight excluding hydrogens is 432 g/mol. The Morgan fingerprint density at radius 3 is 2.75 bits per heavy atom. The van der Waals surface area contributed by atoms with Crippen molar-refractivity contribution < 1.29 is 17.4 Å². The van der Waals surface area contributed by atoms with E-state index >= 15 is 0 Å². The second-order valence-electron chi connectivity index (χ2n) is 8.01. The molecule has 32 heavy (non-hydrogen) atoms. The van der Waals surface area contributed by atoms with Crippen molar-refractivity contribution in [3.05, 3.63) is 75.9 Å². The van der Waals surface area contributed by atoms with Crippen molar-refractivity contribution in [3.8, 4) is 0 Å². The van der Waals surface area contributed by atoms with Crippen LogP contribution in [0.15, 0.2) is 61.1 Å². The molecule has 4 aromatic rings. The average molecular weight is 455 g/mol. The summed E-state index contributed by atoms with van der Waals surface area (Å²) in [4.78, 5) is 16.8. The molecule has 0 radical (unpaired) electrons. The quantitative estimate of drug-likeness (QED) is 0.456. The summed E-state index contributed by atoms with van der Waals surface area (Å²) in [6.45, 7) is 2.17. The molecule has 166 valence electrons. The van der Waals surface area contributed by atoms with Crippen molar-refractivity contribution in [3.63, 3.8) is 0 Å². The fourth-order valence-corrected chi connectivity index (χ4v) is 4.74. The van der Waals surface area contributed by atoms with Crippen LogP contribution in [0.3, 0.4) is 0 Å². The van der Waals surface area contributed by atoms with Gasteiger partial charge < -0.3 is 8.94 Å². The molecule has 5 rings (SSSR count). The number of oxazole rings is 1. The molecule has 2 aromatic heterocycles. The van der Waals surface area contributed by atoms with E-state index in [1.54, 1.807) is 6.07 Å². The van der Waals surface area contributed by atoms with Crippen molar-refractivity contribution in [2.24, 2.45) is 0 Å². The Morgan fingerprint density at radius 1 is 1.19 bits per heavy atom. The summed E-state index contributed by atoms with van der Waals surface area (Å²) in [6.07, 6.45) is 3.22. The fraction of sp³-hybridized carbons (Fsp3) is 0.318. The van der Waals surface area contributed by atoms with Gasteiger partial charge in [0.25, 0.3) is 0 Å². The standard InChI is InChI=1S/C22H22N4O5S/c1-14-5-2-3-6-16(14)12-23-32(28,29)17-9-10-18-19(11-17)30-22(27)26(18)13-20-24-21(31-25-20)15-7-4-8-15/h2-3,5-6,9-11,15,23H,4,7-8,12-13H2,1H3. The topological polar surface area (TPSA) is 120 Å². The molecule has 1 saturated carbocycles. The van der Waals surface area contributed by atoms with Gasteiger partial charge in [0.2, 0.25) is 15.9 Å². The molecule has 0 unspecified atom stereocenters. The van der Waals surface area contributed by atoms with E-state index in [1.165, 1.54) is 16.7 Å². The van der Waals surface area contributed by atoms with Gasteiger partial charge in [-0.3, -0.25) is 4.57 Å². The van der Waals surface area contributed by atoms with Crippen LogP contribution in [0.1, 0.15) is 48.0 Å². The van der Waals surface area contributed by atoms with Gasteiger partial charge in [-0.15, -0.1) is 0 Å². The first-order valence-corrected chi connectivity index (χ1v) is 11.9. The molecule has 1 aliphatic rings. The number of benzene rings is 2. The Balaban J connectivity index is 1.38. The first-order chi connectivity index (χ1) is 15.4. The number of aryl methyl sites for hydroxylation is 1. The second-order valence-corrected chi connectivity index (χ2v) is 9.78. The van der Waals surface area contributed by atoms with Crippen molar-refractivity contribution in [1.82, 2.24) is 19.4 Å². The fourth-order valence-electron chi connectivity index (χ4n) is 3.72. The number of hydrogen-bond acceptors (Lipinski definition) is 7. The lowest BCUT2D eigenvalue weighted by atomic mass is 9.85. The van der Waals surface area contributed by atoms with E-state index in [4.69, 9.17) is 8.94 Å². The third-order valence-electron chi connectivity index (χ3n) is 5.90. The highest BCUT2D eigenvalue weighted by Crippen LogP contribution is 2.35. The van der Waals surface area contributed by atoms with Gasteiger partial charge >= 0.3 is 5.76 Å². The van der Waals surface area contributed by atoms with Crippen LogP contribution in [0.2, 0.25) is 0 Å². The summed E-state index contributed by atoms with van der Waals surface area (Å²) in [5, 5.41) is 3.97. The zero-order valence-electron chi connectivity index (χ0n) is 17.4. The molecule has 1 fully saturated rings. The van der Waals surface area contributed by atoms with Gasteiger partial charge in [-0.05, 0) is 43.0 Å². The molecule has 0 saturated heterocycles. The van der Waals surface area contributed by atoms with E-state index in [9.17, 15) is 13.2 Å². The zero-order valence-corrected chi connectivity index (χ0v) is 18.3. The van der Waals surface area contributed by atoms with E-state index in [1.807, 2.05) is 31.2 Å². The van der Waals surface area contributed by atoms with E-state index in [0.717, 1.165) is 30.4 Å². The Morgan fingerprint density at radius 2 is 2.00 bits per heavy atom. The molecule has 2 heterocycles. The monoisotopic (exact) mass is 454 g/mol. The van der Waals surface area contributed by atoms with Crippen LogP contribution in [-0.2, 0) is 23.1 Å². The Kier molecular flexibility index (Phi) is 5.18. The van der Waals surface area contributed by atoms with Gasteiger partial charge in [0, 0.05) is 18.5 Å². The molecule has 9 nitrogen and oxygen atoms in total. The minimum atomic E-state index is -3.79. The molecule has 1 N–H and O–H groups in total. The van der Waals surface area contributed by atoms with Crippen molar-refractivity contribution in [2.45, 2.75) is 50.1 Å². The zero-order chi connectivity index (χ0) is 22.3. The normalized spacial score (nSPS) is 14.7. The third kappa shape index (κ3) is 3.87. The number of rotatable bonds is 7. The number of fused-ring (bicyclic) bond motifs is 1. The average Bonchev–Trinajstić information content (AvgIpc) is 3.30. The second kappa shape index (κ2) is 8.03. The molecule has 0 bridgehead atoms. The molecule has 2 aromatic carbocycles. The Labute approximate surface area is 184 Å². The highest BCUT2D eigenvalue weighted by Gasteiger charge is 2.26. The molecule has 10 heteroatoms. The van der Waals surface area contributed by atoms with Crippen LogP contribution in [0.5, 0.6) is 0 Å². The highest BCUT2D eigenvalue weighted by atomic mass is 32.2. The first-order valence-electron chi connectivity index (χ1n) is 10.4. The van der Waals surface area contributed by atoms with Crippen LogP contribution in [-0.4, -0.2) is 23.1 Å². The Hall–Kier alpha value is -3.24. The van der Waals surface area contributed by atoms with Crippen LogP contribution in [0.25, 0.3) is 11.1 Å². The van der Waals surface area contributed by atoms with Gasteiger partial charge in [-0.25, -0.2) is 17.9 Å². The maximum absolute atomic E-state index is 12.8. The third-order valence-corrected chi connectivity index (χ3v) is 7.30. The summed E-state index contributed by atoms with van der Waals surface area (Å²) >= 11 is 0. The lowest BCUT2D eigenvalue weighted by Crippen LogP contribution is -2.23. The smallest absolute Gasteiger partial charge is 0.408 e. The van der Waals surface area contributed by atoms with Gasteiger partial charge in [0.15, 0.2) is 11.4 Å². The van der Waals surface area contributed by atoms with Gasteiger partial charge in [0.05, 0.1) is 17.0 Å². The number of nitrogens with zero attached hydrogens (tertiary/aromatic N) is 3. The minimum absolute atomic E-state index is 0.0197. The number of sulfonamides is 1. The molecule has 0 amide bonds.